The molecule has 7 nitrogen and oxygen atoms in total. The number of nitrogens with zero attached hydrogens (tertiary/aromatic N) is 3. The van der Waals surface area contributed by atoms with Gasteiger partial charge in [0.25, 0.3) is 5.91 Å². The zero-order valence-corrected chi connectivity index (χ0v) is 15.5. The van der Waals surface area contributed by atoms with Crippen molar-refractivity contribution in [3.8, 4) is 5.88 Å². The van der Waals surface area contributed by atoms with Gasteiger partial charge in [0.1, 0.15) is 0 Å². The molecule has 3 N–H and O–H groups in total. The molecule has 0 radical (unpaired) electrons. The van der Waals surface area contributed by atoms with Gasteiger partial charge in [0.05, 0.1) is 34.9 Å². The minimum Gasteiger partial charge on any atom is -0.481 e. The van der Waals surface area contributed by atoms with Gasteiger partial charge in [-0.3, -0.25) is 4.79 Å². The second-order valence-electron chi connectivity index (χ2n) is 6.22. The molecule has 28 heavy (non-hydrogen) atoms. The number of amides is 1. The third-order valence-corrected chi connectivity index (χ3v) is 5.49. The lowest BCUT2D eigenvalue weighted by Crippen LogP contribution is -2.62. The van der Waals surface area contributed by atoms with Gasteiger partial charge in [0.15, 0.2) is 5.13 Å². The molecule has 4 rings (SSSR count). The first kappa shape index (κ1) is 18.3. The molecule has 2 aromatic heterocycles. The van der Waals surface area contributed by atoms with E-state index in [1.165, 1.54) is 44.6 Å². The molecule has 1 aromatic carbocycles. The second-order valence-corrected chi connectivity index (χ2v) is 7.28. The average molecular weight is 409 g/mol. The van der Waals surface area contributed by atoms with E-state index in [1.807, 2.05) is 0 Å². The number of hydrogen-bond donors (Lipinski definition) is 2. The monoisotopic (exact) mass is 409 g/mol. The lowest BCUT2D eigenvalue weighted by atomic mass is 9.85. The van der Waals surface area contributed by atoms with Crippen LogP contribution in [0.1, 0.15) is 5.56 Å². The van der Waals surface area contributed by atoms with Crippen LogP contribution in [0, 0.1) is 0 Å². The number of halogens is 3. The zero-order chi connectivity index (χ0) is 20.3. The van der Waals surface area contributed by atoms with Crippen LogP contribution < -0.4 is 20.7 Å². The van der Waals surface area contributed by atoms with Gasteiger partial charge in [0, 0.05) is 13.1 Å². The number of anilines is 3. The van der Waals surface area contributed by atoms with Gasteiger partial charge < -0.3 is 20.7 Å². The fourth-order valence-corrected chi connectivity index (χ4v) is 4.03. The molecule has 0 aliphatic carbocycles. The van der Waals surface area contributed by atoms with Gasteiger partial charge in [0.2, 0.25) is 11.4 Å². The SMILES string of the molecule is COc1cc2c(cn1)NC(c1ccc3nc(N)sc3c1)(C(F)(F)F)C(=O)N2C. The summed E-state index contributed by atoms with van der Waals surface area (Å²) in [5, 5.41) is 2.62. The number of nitrogens with one attached hydrogen (secondary N) is 1. The number of pyridine rings is 1. The van der Waals surface area contributed by atoms with Gasteiger partial charge in [-0.15, -0.1) is 0 Å². The summed E-state index contributed by atoms with van der Waals surface area (Å²) in [6.07, 6.45) is -3.72. The highest BCUT2D eigenvalue weighted by atomic mass is 32.1. The van der Waals surface area contributed by atoms with Crippen molar-refractivity contribution in [2.45, 2.75) is 11.7 Å². The van der Waals surface area contributed by atoms with E-state index in [9.17, 15) is 18.0 Å². The van der Waals surface area contributed by atoms with E-state index in [0.29, 0.717) is 10.2 Å². The summed E-state index contributed by atoms with van der Waals surface area (Å²) < 4.78 is 48.5. The number of ether oxygens (including phenoxy) is 1. The molecule has 0 bridgehead atoms. The molecule has 1 atom stereocenters. The van der Waals surface area contributed by atoms with Crippen LogP contribution in [0.15, 0.2) is 30.5 Å². The van der Waals surface area contributed by atoms with Crippen LogP contribution in [-0.2, 0) is 10.3 Å². The number of aromatic nitrogens is 2. The lowest BCUT2D eigenvalue weighted by molar-refractivity contribution is -0.187. The van der Waals surface area contributed by atoms with Crippen molar-refractivity contribution < 1.29 is 22.7 Å². The highest BCUT2D eigenvalue weighted by Gasteiger charge is 2.64. The number of benzene rings is 1. The normalized spacial score (nSPS) is 19.5. The van der Waals surface area contributed by atoms with Gasteiger partial charge >= 0.3 is 6.18 Å². The van der Waals surface area contributed by atoms with E-state index in [4.69, 9.17) is 10.5 Å². The number of nitrogens with two attached hydrogens (primary N) is 1. The number of methoxy groups -OCH3 is 1. The Morgan fingerprint density at radius 3 is 2.75 bits per heavy atom. The van der Waals surface area contributed by atoms with E-state index >= 15 is 0 Å². The Labute approximate surface area is 160 Å². The fourth-order valence-electron chi connectivity index (χ4n) is 3.26. The molecule has 0 saturated carbocycles. The van der Waals surface area contributed by atoms with E-state index in [0.717, 1.165) is 16.2 Å². The predicted molar refractivity (Wildman–Crippen MR) is 99.6 cm³/mol. The Kier molecular flexibility index (Phi) is 3.89. The number of hydrogen-bond acceptors (Lipinski definition) is 7. The molecule has 1 aliphatic heterocycles. The molecule has 1 aliphatic rings. The maximum absolute atomic E-state index is 14.4. The first-order valence-electron chi connectivity index (χ1n) is 8.01. The third kappa shape index (κ3) is 2.46. The highest BCUT2D eigenvalue weighted by Crippen LogP contribution is 2.49. The second kappa shape index (κ2) is 5.96. The smallest absolute Gasteiger partial charge is 0.424 e. The van der Waals surface area contributed by atoms with E-state index in [2.05, 4.69) is 15.3 Å². The number of fused-ring (bicyclic) bond motifs is 2. The molecule has 0 fully saturated rings. The van der Waals surface area contributed by atoms with Crippen LogP contribution in [-0.4, -0.2) is 36.2 Å². The first-order chi connectivity index (χ1) is 13.2. The van der Waals surface area contributed by atoms with Crippen molar-refractivity contribution in [3.63, 3.8) is 0 Å². The topological polar surface area (TPSA) is 93.4 Å². The third-order valence-electron chi connectivity index (χ3n) is 4.64. The Morgan fingerprint density at radius 1 is 1.32 bits per heavy atom. The molecule has 11 heteroatoms. The lowest BCUT2D eigenvalue weighted by Gasteiger charge is -2.43. The minimum atomic E-state index is -4.93. The number of nitrogen functional groups attached to an aromatic ring is 1. The van der Waals surface area contributed by atoms with Crippen molar-refractivity contribution in [3.05, 3.63) is 36.0 Å². The van der Waals surface area contributed by atoms with Gasteiger partial charge in [-0.1, -0.05) is 17.4 Å². The maximum Gasteiger partial charge on any atom is 0.424 e. The van der Waals surface area contributed by atoms with Crippen molar-refractivity contribution in [1.29, 1.82) is 0 Å². The average Bonchev–Trinajstić information content (AvgIpc) is 3.02. The van der Waals surface area contributed by atoms with Crippen molar-refractivity contribution >= 4 is 44.0 Å². The molecular weight excluding hydrogens is 395 g/mol. The van der Waals surface area contributed by atoms with Gasteiger partial charge in [-0.25, -0.2) is 9.97 Å². The Bertz CT molecular complexity index is 1100. The molecule has 0 spiro atoms. The van der Waals surface area contributed by atoms with E-state index in [1.54, 1.807) is 0 Å². The minimum absolute atomic E-state index is 0.0594. The summed E-state index contributed by atoms with van der Waals surface area (Å²) in [6.45, 7) is 0. The summed E-state index contributed by atoms with van der Waals surface area (Å²) in [7, 11) is 2.66. The summed E-state index contributed by atoms with van der Waals surface area (Å²) in [6, 6.07) is 5.34. The van der Waals surface area contributed by atoms with Crippen LogP contribution in [0.5, 0.6) is 5.88 Å². The van der Waals surface area contributed by atoms with Gasteiger partial charge in [-0.2, -0.15) is 13.2 Å². The van der Waals surface area contributed by atoms with Crippen molar-refractivity contribution in [1.82, 2.24) is 9.97 Å². The van der Waals surface area contributed by atoms with Crippen LogP contribution in [0.4, 0.5) is 29.7 Å². The molecule has 1 unspecified atom stereocenters. The van der Waals surface area contributed by atoms with Crippen molar-refractivity contribution in [2.75, 3.05) is 30.1 Å². The van der Waals surface area contributed by atoms with Crippen LogP contribution in [0.25, 0.3) is 10.2 Å². The summed E-state index contributed by atoms with van der Waals surface area (Å²) >= 11 is 1.05. The standard InChI is InChI=1S/C17H14F3N5O2S/c1-25-11-6-13(27-2)22-7-10(11)24-16(14(25)26,17(18,19)20)8-3-4-9-12(5-8)28-15(21)23-9/h3-7,24H,1-2H3,(H2,21,23). The summed E-state index contributed by atoms with van der Waals surface area (Å²) in [5.74, 6) is -0.987. The quantitative estimate of drug-likeness (QED) is 0.676. The predicted octanol–water partition coefficient (Wildman–Crippen LogP) is 3.13. The molecule has 146 valence electrons. The van der Waals surface area contributed by atoms with E-state index in [-0.39, 0.29) is 27.9 Å². The van der Waals surface area contributed by atoms with Gasteiger partial charge in [-0.05, 0) is 17.7 Å². The number of thiazole rings is 1. The van der Waals surface area contributed by atoms with Crippen molar-refractivity contribution in [2.24, 2.45) is 0 Å². The van der Waals surface area contributed by atoms with Crippen LogP contribution in [0.2, 0.25) is 0 Å². The summed E-state index contributed by atoms with van der Waals surface area (Å²) in [4.78, 5) is 22.0. The van der Waals surface area contributed by atoms with Crippen LogP contribution >= 0.6 is 11.3 Å². The molecule has 3 heterocycles. The van der Waals surface area contributed by atoms with E-state index < -0.39 is 17.6 Å². The highest BCUT2D eigenvalue weighted by molar-refractivity contribution is 7.22. The maximum atomic E-state index is 14.4. The molecule has 3 aromatic rings. The number of rotatable bonds is 2. The Morgan fingerprint density at radius 2 is 2.07 bits per heavy atom. The number of alkyl halides is 3. The number of likely N-dealkylation sites (N-methyl/N-ethyl adjacent to an activating group) is 1. The molecule has 1 amide bonds. The Hall–Kier alpha value is -3.08. The summed E-state index contributed by atoms with van der Waals surface area (Å²) in [5.41, 5.74) is 3.18. The zero-order valence-electron chi connectivity index (χ0n) is 14.7. The fraction of sp³-hybridized carbons (Fsp3) is 0.235. The Balaban J connectivity index is 1.95. The first-order valence-corrected chi connectivity index (χ1v) is 8.82. The molecule has 0 saturated heterocycles. The largest absolute Gasteiger partial charge is 0.481 e. The number of carbonyl (C=O) groups is 1. The van der Waals surface area contributed by atoms with Crippen LogP contribution in [0.3, 0.4) is 0 Å². The number of carbonyl (C=O) groups excluding carboxylic acids is 1. The molecular formula is C17H14F3N5O2S.